The normalized spacial score (nSPS) is 15.6. The summed E-state index contributed by atoms with van der Waals surface area (Å²) in [6, 6.07) is 7.71. The van der Waals surface area contributed by atoms with Gasteiger partial charge in [0, 0.05) is 48.4 Å². The van der Waals surface area contributed by atoms with Gasteiger partial charge in [-0.3, -0.25) is 9.69 Å². The summed E-state index contributed by atoms with van der Waals surface area (Å²) in [5.41, 5.74) is 0. The lowest BCUT2D eigenvalue weighted by molar-refractivity contribution is -0.122. The number of carbonyl (C=O) groups is 2. The number of likely N-dealkylation sites (N-methyl/N-ethyl adjacent to an activating group) is 1. The molecule has 1 aromatic carbocycles. The molecule has 1 heterocycles. The Morgan fingerprint density at radius 2 is 1.92 bits per heavy atom. The third-order valence-corrected chi connectivity index (χ3v) is 5.30. The van der Waals surface area contributed by atoms with Crippen LogP contribution in [-0.2, 0) is 4.79 Å². The van der Waals surface area contributed by atoms with Crippen molar-refractivity contribution in [3.8, 4) is 0 Å². The van der Waals surface area contributed by atoms with Crippen LogP contribution in [0.25, 0.3) is 0 Å². The second kappa shape index (κ2) is 10.5. The predicted octanol–water partition coefficient (Wildman–Crippen LogP) is 1.94. The maximum atomic E-state index is 11.9. The van der Waals surface area contributed by atoms with Gasteiger partial charge in [0.15, 0.2) is 0 Å². The van der Waals surface area contributed by atoms with Crippen molar-refractivity contribution in [2.24, 2.45) is 0 Å². The fraction of sp³-hybridized carbons (Fsp3) is 0.529. The number of nitrogens with one attached hydrogen (secondary N) is 3. The maximum absolute atomic E-state index is 11.9. The number of piperidine rings is 1. The average Bonchev–Trinajstić information content (AvgIpc) is 2.62. The zero-order valence-electron chi connectivity index (χ0n) is 14.4. The van der Waals surface area contributed by atoms with E-state index >= 15 is 0 Å². The number of halogens is 1. The van der Waals surface area contributed by atoms with E-state index in [4.69, 9.17) is 11.6 Å². The molecule has 1 aliphatic rings. The fourth-order valence-electron chi connectivity index (χ4n) is 2.62. The Bertz CT molecular complexity index is 562. The highest BCUT2D eigenvalue weighted by Gasteiger charge is 2.21. The summed E-state index contributed by atoms with van der Waals surface area (Å²) in [5.74, 6) is 0.835. The van der Waals surface area contributed by atoms with Crippen LogP contribution in [0.4, 0.5) is 4.79 Å². The van der Waals surface area contributed by atoms with Crippen molar-refractivity contribution in [1.82, 2.24) is 20.9 Å². The van der Waals surface area contributed by atoms with Gasteiger partial charge in [0.2, 0.25) is 5.91 Å². The van der Waals surface area contributed by atoms with E-state index in [0.29, 0.717) is 13.1 Å². The van der Waals surface area contributed by atoms with Gasteiger partial charge < -0.3 is 16.0 Å². The Morgan fingerprint density at radius 3 is 2.56 bits per heavy atom. The number of benzene rings is 1. The van der Waals surface area contributed by atoms with Crippen molar-refractivity contribution in [3.05, 3.63) is 29.3 Å². The Balaban J connectivity index is 1.56. The van der Waals surface area contributed by atoms with Crippen LogP contribution >= 0.6 is 23.4 Å². The molecular weight excluding hydrogens is 360 g/mol. The van der Waals surface area contributed by atoms with Crippen molar-refractivity contribution in [2.45, 2.75) is 23.8 Å². The standard InChI is InChI=1S/C17H25ClN4O2S/c1-19-16(23)12-22-9-6-14(7-10-22)21-17(24)20-8-11-25-15-4-2-13(18)3-5-15/h2-5,14H,6-12H2,1H3,(H,19,23)(H2,20,21,24). The van der Waals surface area contributed by atoms with Gasteiger partial charge >= 0.3 is 6.03 Å². The Morgan fingerprint density at radius 1 is 1.24 bits per heavy atom. The molecule has 0 radical (unpaired) electrons. The van der Waals surface area contributed by atoms with Gasteiger partial charge in [-0.1, -0.05) is 11.6 Å². The van der Waals surface area contributed by atoms with Gasteiger partial charge in [-0.2, -0.15) is 0 Å². The lowest BCUT2D eigenvalue weighted by atomic mass is 10.1. The Kier molecular flexibility index (Phi) is 8.37. The summed E-state index contributed by atoms with van der Waals surface area (Å²) in [6.07, 6.45) is 1.73. The fourth-order valence-corrected chi connectivity index (χ4v) is 3.51. The van der Waals surface area contributed by atoms with Crippen molar-refractivity contribution in [1.29, 1.82) is 0 Å². The maximum Gasteiger partial charge on any atom is 0.315 e. The van der Waals surface area contributed by atoms with Gasteiger partial charge in [-0.25, -0.2) is 4.79 Å². The summed E-state index contributed by atoms with van der Waals surface area (Å²) >= 11 is 7.53. The van der Waals surface area contributed by atoms with Crippen molar-refractivity contribution >= 4 is 35.3 Å². The number of hydrogen-bond donors (Lipinski definition) is 3. The first-order valence-electron chi connectivity index (χ1n) is 8.42. The molecule has 0 aromatic heterocycles. The van der Waals surface area contributed by atoms with Crippen LogP contribution in [0.2, 0.25) is 5.02 Å². The molecule has 0 aliphatic carbocycles. The van der Waals surface area contributed by atoms with Crippen molar-refractivity contribution < 1.29 is 9.59 Å². The van der Waals surface area contributed by atoms with E-state index in [1.165, 1.54) is 0 Å². The third kappa shape index (κ3) is 7.54. The lowest BCUT2D eigenvalue weighted by Gasteiger charge is -2.31. The van der Waals surface area contributed by atoms with Gasteiger partial charge in [-0.05, 0) is 37.1 Å². The second-order valence-electron chi connectivity index (χ2n) is 5.93. The molecule has 0 spiro atoms. The predicted molar refractivity (Wildman–Crippen MR) is 102 cm³/mol. The smallest absolute Gasteiger partial charge is 0.315 e. The molecule has 138 valence electrons. The molecule has 3 amide bonds. The Hall–Kier alpha value is -1.44. The summed E-state index contributed by atoms with van der Waals surface area (Å²) in [4.78, 5) is 26.6. The van der Waals surface area contributed by atoms with Gasteiger partial charge in [0.1, 0.15) is 0 Å². The average molecular weight is 385 g/mol. The second-order valence-corrected chi connectivity index (χ2v) is 7.53. The molecule has 0 unspecified atom stereocenters. The first-order valence-corrected chi connectivity index (χ1v) is 9.79. The van der Waals surface area contributed by atoms with Crippen LogP contribution < -0.4 is 16.0 Å². The van der Waals surface area contributed by atoms with Crippen LogP contribution in [0.5, 0.6) is 0 Å². The van der Waals surface area contributed by atoms with E-state index in [9.17, 15) is 9.59 Å². The molecule has 3 N–H and O–H groups in total. The minimum atomic E-state index is -0.124. The molecule has 0 bridgehead atoms. The quantitative estimate of drug-likeness (QED) is 0.496. The number of carbonyl (C=O) groups excluding carboxylic acids is 2. The van der Waals surface area contributed by atoms with E-state index in [0.717, 1.165) is 41.6 Å². The first kappa shape index (κ1) is 19.9. The highest BCUT2D eigenvalue weighted by Crippen LogP contribution is 2.19. The van der Waals surface area contributed by atoms with Crippen LogP contribution in [0.1, 0.15) is 12.8 Å². The summed E-state index contributed by atoms with van der Waals surface area (Å²) < 4.78 is 0. The molecule has 8 heteroatoms. The molecule has 1 aliphatic heterocycles. The van der Waals surface area contributed by atoms with Crippen molar-refractivity contribution in [2.75, 3.05) is 39.0 Å². The molecule has 0 atom stereocenters. The molecule has 6 nitrogen and oxygen atoms in total. The number of thioether (sulfide) groups is 1. The van der Waals surface area contributed by atoms with Crippen LogP contribution in [0.3, 0.4) is 0 Å². The van der Waals surface area contributed by atoms with E-state index in [1.54, 1.807) is 18.8 Å². The van der Waals surface area contributed by atoms with E-state index < -0.39 is 0 Å². The van der Waals surface area contributed by atoms with Crippen LogP contribution in [0.15, 0.2) is 29.2 Å². The lowest BCUT2D eigenvalue weighted by Crippen LogP contribution is -2.49. The summed E-state index contributed by atoms with van der Waals surface area (Å²) in [7, 11) is 1.65. The largest absolute Gasteiger partial charge is 0.358 e. The highest BCUT2D eigenvalue weighted by molar-refractivity contribution is 7.99. The third-order valence-electron chi connectivity index (χ3n) is 4.04. The van der Waals surface area contributed by atoms with E-state index in [1.807, 2.05) is 24.3 Å². The molecule has 1 saturated heterocycles. The monoisotopic (exact) mass is 384 g/mol. The number of urea groups is 1. The van der Waals surface area contributed by atoms with Gasteiger partial charge in [0.05, 0.1) is 6.54 Å². The number of likely N-dealkylation sites (tertiary alicyclic amines) is 1. The van der Waals surface area contributed by atoms with Crippen LogP contribution in [-0.4, -0.2) is 61.9 Å². The molecular formula is C17H25ClN4O2S. The summed E-state index contributed by atoms with van der Waals surface area (Å²) in [6.45, 7) is 2.68. The summed E-state index contributed by atoms with van der Waals surface area (Å²) in [5, 5.41) is 9.25. The van der Waals surface area contributed by atoms with E-state index in [-0.39, 0.29) is 18.0 Å². The molecule has 0 saturated carbocycles. The van der Waals surface area contributed by atoms with Crippen molar-refractivity contribution in [3.63, 3.8) is 0 Å². The number of rotatable bonds is 7. The minimum absolute atomic E-state index is 0.0299. The molecule has 1 aromatic rings. The van der Waals surface area contributed by atoms with Crippen LogP contribution in [0, 0.1) is 0 Å². The topological polar surface area (TPSA) is 73.5 Å². The van der Waals surface area contributed by atoms with Gasteiger partial charge in [-0.15, -0.1) is 11.8 Å². The van der Waals surface area contributed by atoms with Gasteiger partial charge in [0.25, 0.3) is 0 Å². The molecule has 1 fully saturated rings. The SMILES string of the molecule is CNC(=O)CN1CCC(NC(=O)NCCSc2ccc(Cl)cc2)CC1. The first-order chi connectivity index (χ1) is 12.1. The molecule has 25 heavy (non-hydrogen) atoms. The zero-order valence-corrected chi connectivity index (χ0v) is 16.0. The zero-order chi connectivity index (χ0) is 18.1. The number of hydrogen-bond acceptors (Lipinski definition) is 4. The highest BCUT2D eigenvalue weighted by atomic mass is 35.5. The minimum Gasteiger partial charge on any atom is -0.358 e. The molecule has 2 rings (SSSR count). The number of nitrogens with zero attached hydrogens (tertiary/aromatic N) is 1. The number of amides is 3. The Labute approximate surface area is 158 Å². The van der Waals surface area contributed by atoms with E-state index in [2.05, 4.69) is 20.9 Å².